The number of hydrogen-bond acceptors (Lipinski definition) is 0. The Morgan fingerprint density at radius 2 is 0.776 bits per heavy atom. The first kappa shape index (κ1) is 35.8. The molecule has 0 radical (unpaired) electrons. The minimum Gasteiger partial charge on any atom is -0.0622 e. The van der Waals surface area contributed by atoms with E-state index in [1.54, 1.807) is 0 Å². The Bertz CT molecular complexity index is 2770. The van der Waals surface area contributed by atoms with Gasteiger partial charge in [-0.1, -0.05) is 234 Å². The van der Waals surface area contributed by atoms with E-state index in [0.717, 1.165) is 10.9 Å². The lowest BCUT2D eigenvalue weighted by molar-refractivity contribution is 0.746. The van der Waals surface area contributed by atoms with Gasteiger partial charge in [0.2, 0.25) is 0 Å². The number of benzene rings is 9. The van der Waals surface area contributed by atoms with Gasteiger partial charge >= 0.3 is 0 Å². The average molecular weight is 806 g/mol. The summed E-state index contributed by atoms with van der Waals surface area (Å²) >= 11 is 3.88. The van der Waals surface area contributed by atoms with Crippen molar-refractivity contribution in [2.24, 2.45) is 0 Å². The molecule has 1 aliphatic carbocycles. The van der Waals surface area contributed by atoms with Crippen LogP contribution in [0.25, 0.3) is 44.5 Å². The van der Waals surface area contributed by atoms with E-state index in [0.29, 0.717) is 0 Å². The minimum atomic E-state index is -0.589. The van der Waals surface area contributed by atoms with Crippen molar-refractivity contribution in [3.05, 3.63) is 274 Å². The van der Waals surface area contributed by atoms with Crippen LogP contribution in [-0.4, -0.2) is 0 Å². The molecule has 276 valence electrons. The summed E-state index contributed by atoms with van der Waals surface area (Å²) in [5, 5.41) is 0. The fourth-order valence-electron chi connectivity index (χ4n) is 9.33. The highest BCUT2D eigenvalue weighted by Crippen LogP contribution is 2.55. The van der Waals surface area contributed by atoms with Crippen molar-refractivity contribution in [3.63, 3.8) is 0 Å². The van der Waals surface area contributed by atoms with Crippen molar-refractivity contribution in [1.82, 2.24) is 0 Å². The van der Waals surface area contributed by atoms with Gasteiger partial charge in [0.1, 0.15) is 0 Å². The first-order valence-corrected chi connectivity index (χ1v) is 20.9. The van der Waals surface area contributed by atoms with Crippen LogP contribution in [0.4, 0.5) is 0 Å². The maximum absolute atomic E-state index is 3.88. The first-order chi connectivity index (χ1) is 28.7. The van der Waals surface area contributed by atoms with Crippen molar-refractivity contribution in [2.75, 3.05) is 0 Å². The smallest absolute Gasteiger partial charge is 0.0622 e. The number of rotatable bonds is 8. The highest BCUT2D eigenvalue weighted by molar-refractivity contribution is 9.10. The summed E-state index contributed by atoms with van der Waals surface area (Å²) in [4.78, 5) is 0. The molecule has 1 unspecified atom stereocenters. The molecule has 0 saturated carbocycles. The molecule has 0 spiro atoms. The molecule has 10 rings (SSSR count). The lowest BCUT2D eigenvalue weighted by atomic mass is 9.63. The summed E-state index contributed by atoms with van der Waals surface area (Å²) in [7, 11) is 0. The summed E-state index contributed by atoms with van der Waals surface area (Å²) in [6, 6.07) is 85.2. The molecule has 0 N–H and O–H groups in total. The summed E-state index contributed by atoms with van der Waals surface area (Å²) in [5.41, 5.74) is 18.3. The van der Waals surface area contributed by atoms with E-state index in [1.807, 2.05) is 0 Å². The fraction of sp³-hybridized carbons (Fsp3) is 0.0526. The third kappa shape index (κ3) is 6.42. The Balaban J connectivity index is 1.13. The van der Waals surface area contributed by atoms with Gasteiger partial charge in [0.05, 0.1) is 5.41 Å². The molecule has 1 heteroatoms. The van der Waals surface area contributed by atoms with E-state index in [9.17, 15) is 0 Å². The van der Waals surface area contributed by atoms with Crippen LogP contribution in [-0.2, 0) is 11.8 Å². The van der Waals surface area contributed by atoms with Gasteiger partial charge in [0, 0.05) is 10.4 Å². The number of fused-ring (bicyclic) bond motifs is 5. The molecule has 0 amide bonds. The van der Waals surface area contributed by atoms with Gasteiger partial charge in [-0.25, -0.2) is 0 Å². The predicted octanol–water partition coefficient (Wildman–Crippen LogP) is 15.2. The molecular formula is C57H41Br. The van der Waals surface area contributed by atoms with Crippen LogP contribution in [0.3, 0.4) is 0 Å². The van der Waals surface area contributed by atoms with Crippen LogP contribution < -0.4 is 0 Å². The maximum atomic E-state index is 3.88. The van der Waals surface area contributed by atoms with Crippen molar-refractivity contribution in [1.29, 1.82) is 0 Å². The van der Waals surface area contributed by atoms with E-state index in [4.69, 9.17) is 0 Å². The molecule has 0 heterocycles. The van der Waals surface area contributed by atoms with Crippen molar-refractivity contribution >= 4 is 15.9 Å². The molecule has 0 saturated heterocycles. The van der Waals surface area contributed by atoms with Gasteiger partial charge in [-0.3, -0.25) is 0 Å². The molecule has 0 nitrogen and oxygen atoms in total. The monoisotopic (exact) mass is 804 g/mol. The van der Waals surface area contributed by atoms with Crippen LogP contribution in [0.15, 0.2) is 235 Å². The first-order valence-electron chi connectivity index (χ1n) is 20.1. The molecule has 0 aromatic heterocycles. The third-order valence-electron chi connectivity index (χ3n) is 12.1. The fourth-order valence-corrected chi connectivity index (χ4v) is 9.73. The van der Waals surface area contributed by atoms with Gasteiger partial charge in [0.25, 0.3) is 0 Å². The van der Waals surface area contributed by atoms with Crippen molar-refractivity contribution in [3.8, 4) is 44.5 Å². The zero-order valence-corrected chi connectivity index (χ0v) is 33.7. The minimum absolute atomic E-state index is 0.154. The van der Waals surface area contributed by atoms with Crippen LogP contribution in [0.5, 0.6) is 0 Å². The van der Waals surface area contributed by atoms with Gasteiger partial charge in [-0.2, -0.15) is 0 Å². The zero-order valence-electron chi connectivity index (χ0n) is 32.1. The van der Waals surface area contributed by atoms with Crippen LogP contribution in [0.1, 0.15) is 44.9 Å². The van der Waals surface area contributed by atoms with Crippen LogP contribution >= 0.6 is 15.9 Å². The Hall–Kier alpha value is -6.54. The highest BCUT2D eigenvalue weighted by atomic mass is 79.9. The van der Waals surface area contributed by atoms with Crippen molar-refractivity contribution < 1.29 is 0 Å². The third-order valence-corrected chi connectivity index (χ3v) is 12.6. The lowest BCUT2D eigenvalue weighted by Crippen LogP contribution is -2.31. The zero-order chi connectivity index (χ0) is 38.9. The Morgan fingerprint density at radius 3 is 1.29 bits per heavy atom. The molecule has 1 atom stereocenters. The largest absolute Gasteiger partial charge is 0.0713 e. The van der Waals surface area contributed by atoms with Gasteiger partial charge in [0.15, 0.2) is 0 Å². The Labute approximate surface area is 350 Å². The van der Waals surface area contributed by atoms with E-state index in [1.165, 1.54) is 83.5 Å². The van der Waals surface area contributed by atoms with E-state index in [2.05, 4.69) is 246 Å². The molecule has 0 fully saturated rings. The second-order valence-corrected chi connectivity index (χ2v) is 16.2. The summed E-state index contributed by atoms with van der Waals surface area (Å²) in [5.74, 6) is 0.154. The quantitative estimate of drug-likeness (QED) is 0.143. The molecule has 0 aliphatic heterocycles. The SMILES string of the molecule is Brc1cccc(C2(c3ccc(C(Cc4ccc(-c5ccccc5)cc4)c4ccc(-c5ccccc5)cc4)cc3)c3ccccc3-c3ccccc3-c3ccccc32)c1. The molecule has 9 aromatic carbocycles. The molecule has 9 aromatic rings. The molecule has 58 heavy (non-hydrogen) atoms. The van der Waals surface area contributed by atoms with Gasteiger partial charge < -0.3 is 0 Å². The second kappa shape index (κ2) is 15.4. The van der Waals surface area contributed by atoms with Gasteiger partial charge in [-0.15, -0.1) is 0 Å². The Morgan fingerprint density at radius 1 is 0.345 bits per heavy atom. The van der Waals surface area contributed by atoms with E-state index in [-0.39, 0.29) is 5.92 Å². The standard InChI is InChI=1S/C57H41Br/c58-49-19-13-18-48(39-49)57(55-24-11-9-22-52(55)50-20-7-8-21-51(50)53-23-10-12-25-56(53)57)47-36-34-46(35-37-47)54(45-32-30-44(31-33-45)42-16-5-2-6-17-42)38-40-26-28-43(29-27-40)41-14-3-1-4-15-41/h1-37,39,54H,38H2. The summed E-state index contributed by atoms with van der Waals surface area (Å²) in [6.45, 7) is 0. The van der Waals surface area contributed by atoms with Crippen LogP contribution in [0.2, 0.25) is 0 Å². The highest BCUT2D eigenvalue weighted by Gasteiger charge is 2.43. The van der Waals surface area contributed by atoms with Crippen molar-refractivity contribution in [2.45, 2.75) is 17.8 Å². The predicted molar refractivity (Wildman–Crippen MR) is 246 cm³/mol. The van der Waals surface area contributed by atoms with Gasteiger partial charge in [-0.05, 0) is 102 Å². The Kier molecular flexibility index (Phi) is 9.53. The number of hydrogen-bond donors (Lipinski definition) is 0. The second-order valence-electron chi connectivity index (χ2n) is 15.3. The molecule has 1 aliphatic rings. The molecular weight excluding hydrogens is 765 g/mol. The van der Waals surface area contributed by atoms with Crippen LogP contribution in [0, 0.1) is 0 Å². The lowest BCUT2D eigenvalue weighted by Gasteiger charge is -2.38. The average Bonchev–Trinajstić information content (AvgIpc) is 3.41. The molecule has 0 bridgehead atoms. The maximum Gasteiger partial charge on any atom is 0.0713 e. The normalized spacial score (nSPS) is 13.1. The topological polar surface area (TPSA) is 0 Å². The van der Waals surface area contributed by atoms with E-state index >= 15 is 0 Å². The summed E-state index contributed by atoms with van der Waals surface area (Å²) in [6.07, 6.45) is 0.886. The number of halogens is 1. The van der Waals surface area contributed by atoms with E-state index < -0.39 is 5.41 Å². The summed E-state index contributed by atoms with van der Waals surface area (Å²) < 4.78 is 1.06.